The van der Waals surface area contributed by atoms with Crippen molar-refractivity contribution < 1.29 is 31.5 Å². The zero-order valence-corrected chi connectivity index (χ0v) is 26.8. The molecule has 0 unspecified atom stereocenters. The van der Waals surface area contributed by atoms with Gasteiger partial charge in [-0.05, 0) is 55.2 Å². The van der Waals surface area contributed by atoms with Crippen molar-refractivity contribution in [3.05, 3.63) is 77.5 Å². The molecule has 0 bridgehead atoms. The fraction of sp³-hybridized carbons (Fsp3) is 0.406. The number of hydrogen-bond donors (Lipinski definition) is 3. The molecule has 248 valence electrons. The number of hydrogen-bond acceptors (Lipinski definition) is 7. The van der Waals surface area contributed by atoms with E-state index in [1.807, 2.05) is 6.07 Å². The van der Waals surface area contributed by atoms with E-state index in [0.29, 0.717) is 49.3 Å². The molecule has 1 saturated heterocycles. The van der Waals surface area contributed by atoms with Crippen LogP contribution in [0.3, 0.4) is 0 Å². The number of sulfonamides is 1. The lowest BCUT2D eigenvalue weighted by Crippen LogP contribution is -2.49. The lowest BCUT2D eigenvalue weighted by atomic mass is 10.0. The number of nitrogens with two attached hydrogens (primary N) is 1. The largest absolute Gasteiger partial charge is 0.439 e. The van der Waals surface area contributed by atoms with Crippen molar-refractivity contribution in [2.75, 3.05) is 35.9 Å². The number of nitrogens with zero attached hydrogens (tertiary/aromatic N) is 3. The van der Waals surface area contributed by atoms with E-state index in [2.05, 4.69) is 26.8 Å². The van der Waals surface area contributed by atoms with Gasteiger partial charge in [0.05, 0.1) is 17.5 Å². The first kappa shape index (κ1) is 34.6. The van der Waals surface area contributed by atoms with Crippen molar-refractivity contribution in [1.82, 2.24) is 14.8 Å². The lowest BCUT2D eigenvalue weighted by molar-refractivity contribution is 0.0996. The minimum Gasteiger partial charge on any atom is -0.439 e. The minimum atomic E-state index is -3.36. The number of unbranched alkanes of at least 4 members (excludes halogenated alkanes) is 3. The Morgan fingerprint density at radius 2 is 1.76 bits per heavy atom. The van der Waals surface area contributed by atoms with Crippen LogP contribution >= 0.6 is 0 Å². The van der Waals surface area contributed by atoms with E-state index in [0.717, 1.165) is 56.7 Å². The molecular weight excluding hydrogens is 618 g/mol. The monoisotopic (exact) mass is 658 g/mol. The Balaban J connectivity index is 1.33. The van der Waals surface area contributed by atoms with Crippen molar-refractivity contribution in [2.24, 2.45) is 5.73 Å². The summed E-state index contributed by atoms with van der Waals surface area (Å²) >= 11 is 0. The summed E-state index contributed by atoms with van der Waals surface area (Å²) in [6.45, 7) is 4.71. The number of aromatic nitrogens is 1. The van der Waals surface area contributed by atoms with E-state index in [4.69, 9.17) is 10.5 Å². The van der Waals surface area contributed by atoms with Crippen LogP contribution in [0.2, 0.25) is 0 Å². The summed E-state index contributed by atoms with van der Waals surface area (Å²) < 4.78 is 59.4. The summed E-state index contributed by atoms with van der Waals surface area (Å²) in [6.07, 6.45) is 8.06. The normalized spacial score (nSPS) is 14.1. The van der Waals surface area contributed by atoms with Gasteiger partial charge in [0, 0.05) is 56.2 Å². The maximum absolute atomic E-state index is 14.5. The number of amides is 3. The molecular formula is C32H40F2N6O5S. The molecule has 14 heteroatoms. The number of likely N-dealkylation sites (tertiary alicyclic amines) is 1. The molecule has 2 aromatic carbocycles. The van der Waals surface area contributed by atoms with Crippen LogP contribution < -0.4 is 20.5 Å². The second kappa shape index (κ2) is 15.8. The molecule has 0 spiro atoms. The average Bonchev–Trinajstić information content (AvgIpc) is 3.00. The second-order valence-electron chi connectivity index (χ2n) is 11.4. The summed E-state index contributed by atoms with van der Waals surface area (Å²) in [4.78, 5) is 33.3. The Labute approximate surface area is 268 Å². The quantitative estimate of drug-likeness (QED) is 0.188. The van der Waals surface area contributed by atoms with E-state index < -0.39 is 39.2 Å². The summed E-state index contributed by atoms with van der Waals surface area (Å²) in [5.41, 5.74) is 5.84. The number of carbonyl (C=O) groups is 2. The van der Waals surface area contributed by atoms with Crippen molar-refractivity contribution >= 4 is 33.3 Å². The highest BCUT2D eigenvalue weighted by atomic mass is 32.2. The van der Waals surface area contributed by atoms with Gasteiger partial charge in [-0.2, -0.15) is 0 Å². The van der Waals surface area contributed by atoms with E-state index in [9.17, 15) is 26.8 Å². The van der Waals surface area contributed by atoms with Crippen LogP contribution in [0.4, 0.5) is 25.0 Å². The Kier molecular flexibility index (Phi) is 11.9. The fourth-order valence-corrected chi connectivity index (χ4v) is 5.88. The number of piperidine rings is 1. The predicted octanol–water partition coefficient (Wildman–Crippen LogP) is 5.70. The molecule has 0 atom stereocenters. The van der Waals surface area contributed by atoms with Gasteiger partial charge in [0.25, 0.3) is 5.91 Å². The lowest BCUT2D eigenvalue weighted by Gasteiger charge is -2.38. The fourth-order valence-electron chi connectivity index (χ4n) is 5.32. The highest BCUT2D eigenvalue weighted by Crippen LogP contribution is 2.25. The number of urea groups is 1. The van der Waals surface area contributed by atoms with Gasteiger partial charge in [-0.15, -0.1) is 0 Å². The summed E-state index contributed by atoms with van der Waals surface area (Å²) in [7, 11) is -3.36. The number of benzene rings is 2. The van der Waals surface area contributed by atoms with E-state index in [-0.39, 0.29) is 11.7 Å². The maximum atomic E-state index is 14.5. The Bertz CT molecular complexity index is 1600. The number of ether oxygens (including phenoxy) is 1. The van der Waals surface area contributed by atoms with Crippen molar-refractivity contribution in [3.63, 3.8) is 0 Å². The first-order valence-electron chi connectivity index (χ1n) is 15.2. The molecule has 0 aliphatic carbocycles. The van der Waals surface area contributed by atoms with Gasteiger partial charge in [0.15, 0.2) is 0 Å². The standard InChI is InChI=1S/C32H40F2N6O5S/c1-3-4-5-6-15-40(32(42)37-29-18-26(31(35)41)27(33)19-28(29)34)24-13-16-39(17-14-24)21-22-7-12-30(36-20-22)45-25-10-8-23(9-11-25)38-46(2,43)44/h7-12,18-20,24,38H,3-6,13-17,21H2,1-2H3,(H2,35,41)(H,37,42). The molecule has 1 aromatic heterocycles. The Morgan fingerprint density at radius 3 is 2.37 bits per heavy atom. The third-order valence-electron chi connectivity index (χ3n) is 7.66. The molecule has 0 radical (unpaired) electrons. The number of carbonyl (C=O) groups excluding carboxylic acids is 2. The third kappa shape index (κ3) is 10.1. The number of pyridine rings is 1. The molecule has 3 amide bonds. The molecule has 4 N–H and O–H groups in total. The van der Waals surface area contributed by atoms with Crippen molar-refractivity contribution in [1.29, 1.82) is 0 Å². The van der Waals surface area contributed by atoms with Crippen LogP contribution in [0, 0.1) is 11.6 Å². The smallest absolute Gasteiger partial charge is 0.322 e. The number of halogens is 2. The van der Waals surface area contributed by atoms with Gasteiger partial charge in [0.1, 0.15) is 17.4 Å². The summed E-state index contributed by atoms with van der Waals surface area (Å²) in [5.74, 6) is -2.21. The summed E-state index contributed by atoms with van der Waals surface area (Å²) in [5, 5.41) is 2.53. The molecule has 0 saturated carbocycles. The average molecular weight is 659 g/mol. The van der Waals surface area contributed by atoms with Crippen LogP contribution in [-0.4, -0.2) is 67.1 Å². The van der Waals surface area contributed by atoms with E-state index in [1.165, 1.54) is 0 Å². The van der Waals surface area contributed by atoms with Crippen LogP contribution in [-0.2, 0) is 16.6 Å². The van der Waals surface area contributed by atoms with E-state index in [1.54, 1.807) is 41.4 Å². The third-order valence-corrected chi connectivity index (χ3v) is 8.27. The molecule has 1 fully saturated rings. The second-order valence-corrected chi connectivity index (χ2v) is 13.1. The van der Waals surface area contributed by atoms with Crippen molar-refractivity contribution in [2.45, 2.75) is 58.0 Å². The maximum Gasteiger partial charge on any atom is 0.322 e. The highest BCUT2D eigenvalue weighted by Gasteiger charge is 2.29. The molecule has 1 aliphatic heterocycles. The first-order valence-corrected chi connectivity index (χ1v) is 17.1. The first-order chi connectivity index (χ1) is 21.9. The number of primary amides is 1. The zero-order valence-electron chi connectivity index (χ0n) is 26.0. The van der Waals surface area contributed by atoms with Crippen LogP contribution in [0.15, 0.2) is 54.7 Å². The van der Waals surface area contributed by atoms with Gasteiger partial charge in [-0.1, -0.05) is 32.3 Å². The molecule has 1 aliphatic rings. The molecule has 4 rings (SSSR count). The number of anilines is 2. The van der Waals surface area contributed by atoms with Crippen LogP contribution in [0.1, 0.15) is 61.4 Å². The van der Waals surface area contributed by atoms with E-state index >= 15 is 0 Å². The minimum absolute atomic E-state index is 0.0788. The molecule has 46 heavy (non-hydrogen) atoms. The van der Waals surface area contributed by atoms with Gasteiger partial charge in [-0.3, -0.25) is 14.4 Å². The summed E-state index contributed by atoms with van der Waals surface area (Å²) in [6, 6.07) is 11.1. The Morgan fingerprint density at radius 1 is 1.04 bits per heavy atom. The Hall–Kier alpha value is -4.30. The van der Waals surface area contributed by atoms with Crippen LogP contribution in [0.5, 0.6) is 11.6 Å². The predicted molar refractivity (Wildman–Crippen MR) is 172 cm³/mol. The molecule has 3 aromatic rings. The number of nitrogens with one attached hydrogen (secondary N) is 2. The van der Waals surface area contributed by atoms with Gasteiger partial charge in [0.2, 0.25) is 15.9 Å². The van der Waals surface area contributed by atoms with Gasteiger partial charge >= 0.3 is 6.03 Å². The van der Waals surface area contributed by atoms with Gasteiger partial charge < -0.3 is 20.7 Å². The van der Waals surface area contributed by atoms with Gasteiger partial charge in [-0.25, -0.2) is 27.0 Å². The molecule has 2 heterocycles. The van der Waals surface area contributed by atoms with Crippen LogP contribution in [0.25, 0.3) is 0 Å². The van der Waals surface area contributed by atoms with Crippen molar-refractivity contribution in [3.8, 4) is 11.6 Å². The number of rotatable bonds is 14. The highest BCUT2D eigenvalue weighted by molar-refractivity contribution is 7.92. The topological polar surface area (TPSA) is 147 Å². The molecule has 11 nitrogen and oxygen atoms in total. The zero-order chi connectivity index (χ0) is 33.3. The SMILES string of the molecule is CCCCCCN(C(=O)Nc1cc(C(N)=O)c(F)cc1F)C1CCN(Cc2ccc(Oc3ccc(NS(C)(=O)=O)cc3)nc2)CC1.